The quantitative estimate of drug-likeness (QED) is 0.754. The van der Waals surface area contributed by atoms with Crippen molar-refractivity contribution in [2.75, 3.05) is 13.2 Å². The molecule has 5 nitrogen and oxygen atoms in total. The zero-order valence-corrected chi connectivity index (χ0v) is 10.7. The van der Waals surface area contributed by atoms with Gasteiger partial charge in [0.05, 0.1) is 17.9 Å². The van der Waals surface area contributed by atoms with E-state index in [1.54, 1.807) is 0 Å². The van der Waals surface area contributed by atoms with E-state index >= 15 is 0 Å². The van der Waals surface area contributed by atoms with Crippen LogP contribution < -0.4 is 11.1 Å². The van der Waals surface area contributed by atoms with Crippen LogP contribution in [0.4, 0.5) is 18.0 Å². The van der Waals surface area contributed by atoms with E-state index in [2.05, 4.69) is 15.0 Å². The molecule has 0 aliphatic carbocycles. The number of nitrogens with one attached hydrogen (secondary N) is 1. The van der Waals surface area contributed by atoms with E-state index < -0.39 is 17.8 Å². The van der Waals surface area contributed by atoms with Gasteiger partial charge >= 0.3 is 12.3 Å². The summed E-state index contributed by atoms with van der Waals surface area (Å²) in [5.74, 6) is 0. The number of ether oxygens (including phenoxy) is 1. The Balaban J connectivity index is 2.31. The topological polar surface area (TPSA) is 77.2 Å². The molecule has 1 aromatic rings. The lowest BCUT2D eigenvalue weighted by Crippen LogP contribution is -2.20. The summed E-state index contributed by atoms with van der Waals surface area (Å²) in [7, 11) is 0. The number of aromatic nitrogens is 1. The van der Waals surface area contributed by atoms with Crippen molar-refractivity contribution in [2.45, 2.75) is 25.6 Å². The molecule has 0 unspecified atom stereocenters. The SMILES string of the molecule is NC(=O)OCCCCNCc1ncccc1C(F)(F)F. The van der Waals surface area contributed by atoms with Crippen LogP contribution in [-0.2, 0) is 17.5 Å². The van der Waals surface area contributed by atoms with Gasteiger partial charge in [-0.3, -0.25) is 4.98 Å². The molecule has 112 valence electrons. The smallest absolute Gasteiger partial charge is 0.418 e. The highest BCUT2D eigenvalue weighted by molar-refractivity contribution is 5.64. The molecule has 0 radical (unpaired) electrons. The van der Waals surface area contributed by atoms with Crippen LogP contribution in [-0.4, -0.2) is 24.2 Å². The number of alkyl halides is 3. The fraction of sp³-hybridized carbons (Fsp3) is 0.500. The number of hydrogen-bond donors (Lipinski definition) is 2. The molecule has 8 heteroatoms. The zero-order chi connectivity index (χ0) is 15.0. The summed E-state index contributed by atoms with van der Waals surface area (Å²) in [6.45, 7) is 0.733. The van der Waals surface area contributed by atoms with E-state index in [4.69, 9.17) is 5.73 Å². The van der Waals surface area contributed by atoms with Gasteiger partial charge in [0.25, 0.3) is 0 Å². The summed E-state index contributed by atoms with van der Waals surface area (Å²) < 4.78 is 42.5. The van der Waals surface area contributed by atoms with E-state index in [0.29, 0.717) is 19.4 Å². The Labute approximate surface area is 114 Å². The number of primary amides is 1. The lowest BCUT2D eigenvalue weighted by Gasteiger charge is -2.12. The number of pyridine rings is 1. The van der Waals surface area contributed by atoms with Crippen LogP contribution in [0.15, 0.2) is 18.3 Å². The van der Waals surface area contributed by atoms with E-state index in [1.165, 1.54) is 12.3 Å². The first-order valence-electron chi connectivity index (χ1n) is 6.05. The fourth-order valence-corrected chi connectivity index (χ4v) is 1.57. The minimum atomic E-state index is -4.40. The number of carbonyl (C=O) groups is 1. The number of hydrogen-bond acceptors (Lipinski definition) is 4. The Morgan fingerprint density at radius 3 is 2.80 bits per heavy atom. The van der Waals surface area contributed by atoms with Crippen LogP contribution in [0.25, 0.3) is 0 Å². The van der Waals surface area contributed by atoms with Gasteiger partial charge in [-0.1, -0.05) is 0 Å². The molecule has 0 aliphatic heterocycles. The molecule has 0 aromatic carbocycles. The van der Waals surface area contributed by atoms with Crippen molar-refractivity contribution in [3.63, 3.8) is 0 Å². The highest BCUT2D eigenvalue weighted by Gasteiger charge is 2.33. The maximum Gasteiger partial charge on any atom is 0.418 e. The van der Waals surface area contributed by atoms with Crippen LogP contribution in [0, 0.1) is 0 Å². The van der Waals surface area contributed by atoms with Crippen molar-refractivity contribution in [2.24, 2.45) is 5.73 Å². The maximum absolute atomic E-state index is 12.7. The highest BCUT2D eigenvalue weighted by atomic mass is 19.4. The van der Waals surface area contributed by atoms with Crippen molar-refractivity contribution in [1.29, 1.82) is 0 Å². The molecule has 0 spiro atoms. The van der Waals surface area contributed by atoms with Crippen molar-refractivity contribution in [3.05, 3.63) is 29.6 Å². The van der Waals surface area contributed by atoms with E-state index in [1.807, 2.05) is 0 Å². The highest BCUT2D eigenvalue weighted by Crippen LogP contribution is 2.30. The summed E-state index contributed by atoms with van der Waals surface area (Å²) >= 11 is 0. The molecule has 0 saturated heterocycles. The molecule has 1 aromatic heterocycles. The van der Waals surface area contributed by atoms with Gasteiger partial charge in [0, 0.05) is 12.7 Å². The van der Waals surface area contributed by atoms with Gasteiger partial charge < -0.3 is 15.8 Å². The standard InChI is InChI=1S/C12H16F3N3O2/c13-12(14,15)9-4-3-6-18-10(9)8-17-5-1-2-7-20-11(16)19/h3-4,6,17H,1-2,5,7-8H2,(H2,16,19). The van der Waals surface area contributed by atoms with Gasteiger partial charge in [0.2, 0.25) is 0 Å². The summed E-state index contributed by atoms with van der Waals surface area (Å²) in [5, 5.41) is 2.87. The molecule has 1 heterocycles. The zero-order valence-electron chi connectivity index (χ0n) is 10.7. The minimum absolute atomic E-state index is 0.0339. The molecule has 1 rings (SSSR count). The Morgan fingerprint density at radius 1 is 1.40 bits per heavy atom. The summed E-state index contributed by atoms with van der Waals surface area (Å²) in [6, 6.07) is 2.26. The van der Waals surface area contributed by atoms with E-state index in [9.17, 15) is 18.0 Å². The first-order valence-corrected chi connectivity index (χ1v) is 6.05. The van der Waals surface area contributed by atoms with Crippen LogP contribution in [0.5, 0.6) is 0 Å². The van der Waals surface area contributed by atoms with Gasteiger partial charge in [0.15, 0.2) is 0 Å². The molecular weight excluding hydrogens is 275 g/mol. The predicted molar refractivity (Wildman–Crippen MR) is 65.7 cm³/mol. The molecule has 1 amide bonds. The molecule has 0 bridgehead atoms. The number of nitrogens with two attached hydrogens (primary N) is 1. The molecule has 0 saturated carbocycles. The monoisotopic (exact) mass is 291 g/mol. The predicted octanol–water partition coefficient (Wildman–Crippen LogP) is 2.07. The molecule has 20 heavy (non-hydrogen) atoms. The normalized spacial score (nSPS) is 11.3. The number of unbranched alkanes of at least 4 members (excludes halogenated alkanes) is 1. The molecule has 0 fully saturated rings. The number of nitrogens with zero attached hydrogens (tertiary/aromatic N) is 1. The number of carbonyl (C=O) groups excluding carboxylic acids is 1. The second-order valence-electron chi connectivity index (χ2n) is 4.05. The average Bonchev–Trinajstić information content (AvgIpc) is 2.36. The van der Waals surface area contributed by atoms with Crippen LogP contribution in [0.2, 0.25) is 0 Å². The van der Waals surface area contributed by atoms with E-state index in [-0.39, 0.29) is 18.8 Å². The molecule has 3 N–H and O–H groups in total. The Hall–Kier alpha value is -1.83. The van der Waals surface area contributed by atoms with Crippen molar-refractivity contribution in [3.8, 4) is 0 Å². The maximum atomic E-state index is 12.7. The van der Waals surface area contributed by atoms with Gasteiger partial charge in [-0.2, -0.15) is 13.2 Å². The van der Waals surface area contributed by atoms with E-state index in [0.717, 1.165) is 6.07 Å². The lowest BCUT2D eigenvalue weighted by atomic mass is 10.2. The first-order chi connectivity index (χ1) is 9.41. The Bertz CT molecular complexity index is 438. The first kappa shape index (κ1) is 16.2. The number of halogens is 3. The van der Waals surface area contributed by atoms with Gasteiger partial charge in [-0.15, -0.1) is 0 Å². The molecule has 0 aliphatic rings. The van der Waals surface area contributed by atoms with Crippen molar-refractivity contribution >= 4 is 6.09 Å². The lowest BCUT2D eigenvalue weighted by molar-refractivity contribution is -0.138. The Morgan fingerprint density at radius 2 is 2.15 bits per heavy atom. The van der Waals surface area contributed by atoms with Gasteiger partial charge in [-0.25, -0.2) is 4.79 Å². The molecule has 0 atom stereocenters. The average molecular weight is 291 g/mol. The third-order valence-electron chi connectivity index (χ3n) is 2.48. The summed E-state index contributed by atoms with van der Waals surface area (Å²) in [6.07, 6.45) is -2.67. The largest absolute Gasteiger partial charge is 0.450 e. The summed E-state index contributed by atoms with van der Waals surface area (Å²) in [4.78, 5) is 14.0. The third-order valence-corrected chi connectivity index (χ3v) is 2.48. The minimum Gasteiger partial charge on any atom is -0.450 e. The number of rotatable bonds is 7. The number of amides is 1. The van der Waals surface area contributed by atoms with Crippen molar-refractivity contribution in [1.82, 2.24) is 10.3 Å². The third kappa shape index (κ3) is 5.87. The van der Waals surface area contributed by atoms with Crippen molar-refractivity contribution < 1.29 is 22.7 Å². The van der Waals surface area contributed by atoms with Gasteiger partial charge in [-0.05, 0) is 31.5 Å². The second-order valence-corrected chi connectivity index (χ2v) is 4.05. The van der Waals surface area contributed by atoms with Gasteiger partial charge in [0.1, 0.15) is 0 Å². The van der Waals surface area contributed by atoms with Crippen LogP contribution >= 0.6 is 0 Å². The summed E-state index contributed by atoms with van der Waals surface area (Å²) in [5.41, 5.74) is 4.01. The second kappa shape index (κ2) is 7.68. The van der Waals surface area contributed by atoms with Crippen LogP contribution in [0.3, 0.4) is 0 Å². The molecular formula is C12H16F3N3O2. The Kier molecular flexibility index (Phi) is 6.23. The van der Waals surface area contributed by atoms with Crippen LogP contribution in [0.1, 0.15) is 24.1 Å². The fourth-order valence-electron chi connectivity index (χ4n) is 1.57.